The van der Waals surface area contributed by atoms with Gasteiger partial charge in [-0.05, 0) is 67.5 Å². The Labute approximate surface area is 110 Å². The minimum Gasteiger partial charge on any atom is -0.0736 e. The Bertz CT molecular complexity index is 598. The van der Waals surface area contributed by atoms with E-state index in [4.69, 9.17) is 0 Å². The van der Waals surface area contributed by atoms with E-state index in [0.717, 1.165) is 6.42 Å². The molecule has 0 atom stereocenters. The lowest BCUT2D eigenvalue weighted by Gasteiger charge is -2.15. The molecule has 0 bridgehead atoms. The van der Waals surface area contributed by atoms with Gasteiger partial charge in [-0.15, -0.1) is 0 Å². The predicted octanol–water partition coefficient (Wildman–Crippen LogP) is 4.60. The molecule has 18 heavy (non-hydrogen) atoms. The Balaban J connectivity index is 2.11. The molecule has 0 aliphatic heterocycles. The van der Waals surface area contributed by atoms with Gasteiger partial charge >= 0.3 is 0 Å². The normalized spacial score (nSPS) is 17.4. The van der Waals surface area contributed by atoms with Crippen molar-refractivity contribution in [3.63, 3.8) is 0 Å². The van der Waals surface area contributed by atoms with E-state index in [1.54, 1.807) is 11.1 Å². The quantitative estimate of drug-likeness (QED) is 0.668. The van der Waals surface area contributed by atoms with E-state index < -0.39 is 0 Å². The maximum atomic E-state index is 2.43. The van der Waals surface area contributed by atoms with Crippen LogP contribution in [0.5, 0.6) is 0 Å². The Kier molecular flexibility index (Phi) is 2.55. The summed E-state index contributed by atoms with van der Waals surface area (Å²) in [6, 6.07) is 0. The van der Waals surface area contributed by atoms with Gasteiger partial charge in [0.2, 0.25) is 0 Å². The van der Waals surface area contributed by atoms with Crippen molar-refractivity contribution in [1.29, 1.82) is 0 Å². The molecule has 0 spiro atoms. The topological polar surface area (TPSA) is 0 Å². The molecule has 0 amide bonds. The summed E-state index contributed by atoms with van der Waals surface area (Å²) >= 11 is 0. The highest BCUT2D eigenvalue weighted by Gasteiger charge is 2.23. The number of hydrogen-bond acceptors (Lipinski definition) is 0. The van der Waals surface area contributed by atoms with Crippen molar-refractivity contribution in [2.24, 2.45) is 5.92 Å². The minimum atomic E-state index is 0.525. The summed E-state index contributed by atoms with van der Waals surface area (Å²) in [6.07, 6.45) is 12.5. The lowest BCUT2D eigenvalue weighted by Crippen LogP contribution is -2.00. The predicted molar refractivity (Wildman–Crippen MR) is 78.8 cm³/mol. The zero-order valence-electron chi connectivity index (χ0n) is 11.7. The van der Waals surface area contributed by atoms with Crippen LogP contribution in [0.2, 0.25) is 0 Å². The molecule has 0 radical (unpaired) electrons. The van der Waals surface area contributed by atoms with Crippen molar-refractivity contribution >= 4 is 6.08 Å². The fourth-order valence-electron chi connectivity index (χ4n) is 3.18. The molecule has 0 unspecified atom stereocenters. The Morgan fingerprint density at radius 1 is 0.833 bits per heavy atom. The summed E-state index contributed by atoms with van der Waals surface area (Å²) in [5.74, 6) is 0.525. The van der Waals surface area contributed by atoms with Crippen LogP contribution in [0.1, 0.15) is 33.4 Å². The Morgan fingerprint density at radius 3 is 2.11 bits per heavy atom. The first-order valence-corrected chi connectivity index (χ1v) is 6.74. The molecule has 1 aromatic carbocycles. The molecule has 0 saturated carbocycles. The zero-order valence-corrected chi connectivity index (χ0v) is 11.7. The molecular weight excluding hydrogens is 216 g/mol. The molecule has 0 saturated heterocycles. The molecule has 1 aromatic rings. The highest BCUT2D eigenvalue weighted by Crippen LogP contribution is 2.38. The number of rotatable bonds is 1. The van der Waals surface area contributed by atoms with Gasteiger partial charge in [-0.3, -0.25) is 0 Å². The van der Waals surface area contributed by atoms with Crippen LogP contribution in [-0.4, -0.2) is 0 Å². The van der Waals surface area contributed by atoms with Crippen LogP contribution in [0.3, 0.4) is 0 Å². The number of fused-ring (bicyclic) bond motifs is 1. The van der Waals surface area contributed by atoms with Gasteiger partial charge in [-0.1, -0.05) is 36.0 Å². The summed E-state index contributed by atoms with van der Waals surface area (Å²) < 4.78 is 0. The standard InChI is InChI=1S/C18H20/c1-11-12(2)14(4)18-10-16(9-17(18)13(11)3)15-7-5-6-8-15/h5-9,15H,10H2,1-4H3. The second-order valence-electron chi connectivity index (χ2n) is 5.58. The molecular formula is C18H20. The Hall–Kier alpha value is -1.56. The molecule has 0 nitrogen and oxygen atoms in total. The third-order valence-corrected chi connectivity index (χ3v) is 4.76. The van der Waals surface area contributed by atoms with Crippen LogP contribution in [0.25, 0.3) is 6.08 Å². The fourth-order valence-corrected chi connectivity index (χ4v) is 3.18. The molecule has 0 heteroatoms. The van der Waals surface area contributed by atoms with Gasteiger partial charge in [0.15, 0.2) is 0 Å². The largest absolute Gasteiger partial charge is 0.0736 e. The van der Waals surface area contributed by atoms with E-state index in [-0.39, 0.29) is 0 Å². The third-order valence-electron chi connectivity index (χ3n) is 4.76. The van der Waals surface area contributed by atoms with E-state index in [2.05, 4.69) is 58.1 Å². The number of allylic oxidation sites excluding steroid dienone is 5. The first-order valence-electron chi connectivity index (χ1n) is 6.74. The molecule has 3 rings (SSSR count). The minimum absolute atomic E-state index is 0.525. The fraction of sp³-hybridized carbons (Fsp3) is 0.333. The van der Waals surface area contributed by atoms with Gasteiger partial charge < -0.3 is 0 Å². The highest BCUT2D eigenvalue weighted by molar-refractivity contribution is 5.72. The van der Waals surface area contributed by atoms with Crippen molar-refractivity contribution in [3.05, 3.63) is 63.3 Å². The van der Waals surface area contributed by atoms with E-state index in [0.29, 0.717) is 5.92 Å². The average molecular weight is 236 g/mol. The molecule has 2 aliphatic carbocycles. The van der Waals surface area contributed by atoms with Crippen LogP contribution >= 0.6 is 0 Å². The van der Waals surface area contributed by atoms with Crippen LogP contribution < -0.4 is 0 Å². The van der Waals surface area contributed by atoms with E-state index in [1.807, 2.05) is 0 Å². The van der Waals surface area contributed by atoms with Crippen LogP contribution in [0.4, 0.5) is 0 Å². The first-order chi connectivity index (χ1) is 8.59. The Morgan fingerprint density at radius 2 is 1.44 bits per heavy atom. The molecule has 0 fully saturated rings. The maximum Gasteiger partial charge on any atom is 0.0170 e. The second-order valence-corrected chi connectivity index (χ2v) is 5.58. The molecule has 0 aromatic heterocycles. The van der Waals surface area contributed by atoms with Crippen molar-refractivity contribution < 1.29 is 0 Å². The van der Waals surface area contributed by atoms with Gasteiger partial charge in [-0.2, -0.15) is 0 Å². The third kappa shape index (κ3) is 1.52. The van der Waals surface area contributed by atoms with Crippen molar-refractivity contribution in [2.45, 2.75) is 34.1 Å². The van der Waals surface area contributed by atoms with E-state index in [1.165, 1.54) is 27.8 Å². The van der Waals surface area contributed by atoms with Crippen LogP contribution in [-0.2, 0) is 6.42 Å². The summed E-state index contributed by atoms with van der Waals surface area (Å²) in [7, 11) is 0. The van der Waals surface area contributed by atoms with Crippen LogP contribution in [0.15, 0.2) is 29.9 Å². The van der Waals surface area contributed by atoms with E-state index in [9.17, 15) is 0 Å². The second kappa shape index (κ2) is 3.98. The summed E-state index contributed by atoms with van der Waals surface area (Å²) in [6.45, 7) is 9.04. The molecule has 0 heterocycles. The van der Waals surface area contributed by atoms with E-state index >= 15 is 0 Å². The first kappa shape index (κ1) is 11.5. The maximum absolute atomic E-state index is 2.43. The van der Waals surface area contributed by atoms with Crippen molar-refractivity contribution in [1.82, 2.24) is 0 Å². The number of benzene rings is 1. The van der Waals surface area contributed by atoms with Crippen molar-refractivity contribution in [2.75, 3.05) is 0 Å². The summed E-state index contributed by atoms with van der Waals surface area (Å²) in [5.41, 5.74) is 10.5. The molecule has 2 aliphatic rings. The van der Waals surface area contributed by atoms with Gasteiger partial charge in [0.05, 0.1) is 0 Å². The molecule has 0 N–H and O–H groups in total. The monoisotopic (exact) mass is 236 g/mol. The zero-order chi connectivity index (χ0) is 12.9. The van der Waals surface area contributed by atoms with Crippen molar-refractivity contribution in [3.8, 4) is 0 Å². The van der Waals surface area contributed by atoms with Crippen LogP contribution in [0, 0.1) is 33.6 Å². The SMILES string of the molecule is Cc1c(C)c(C)c2c(c1C)C=C(C1C=CC=C1)C2. The summed E-state index contributed by atoms with van der Waals surface area (Å²) in [5, 5.41) is 0. The smallest absolute Gasteiger partial charge is 0.0170 e. The van der Waals surface area contributed by atoms with Gasteiger partial charge in [0, 0.05) is 5.92 Å². The van der Waals surface area contributed by atoms with Gasteiger partial charge in [0.1, 0.15) is 0 Å². The lowest BCUT2D eigenvalue weighted by molar-refractivity contribution is 0.937. The number of hydrogen-bond donors (Lipinski definition) is 0. The lowest BCUT2D eigenvalue weighted by atomic mass is 9.90. The molecule has 92 valence electrons. The average Bonchev–Trinajstić information content (AvgIpc) is 3.01. The highest BCUT2D eigenvalue weighted by atomic mass is 14.3. The van der Waals surface area contributed by atoms with Gasteiger partial charge in [0.25, 0.3) is 0 Å². The summed E-state index contributed by atoms with van der Waals surface area (Å²) in [4.78, 5) is 0. The van der Waals surface area contributed by atoms with Gasteiger partial charge in [-0.25, -0.2) is 0 Å².